The molecule has 0 bridgehead atoms. The molecule has 1 fully saturated rings. The van der Waals surface area contributed by atoms with E-state index in [-0.39, 0.29) is 5.91 Å². The zero-order chi connectivity index (χ0) is 16.2. The average molecular weight is 314 g/mol. The monoisotopic (exact) mass is 314 g/mol. The molecule has 0 spiro atoms. The number of aromatic amines is 1. The number of H-pyrrole nitrogens is 1. The first-order valence-electron chi connectivity index (χ1n) is 8.53. The van der Waals surface area contributed by atoms with Gasteiger partial charge in [0.2, 0.25) is 5.91 Å². The van der Waals surface area contributed by atoms with Gasteiger partial charge in [-0.05, 0) is 30.9 Å². The first-order valence-corrected chi connectivity index (χ1v) is 8.53. The van der Waals surface area contributed by atoms with E-state index in [1.165, 1.54) is 6.42 Å². The van der Waals surface area contributed by atoms with Gasteiger partial charge in [0.1, 0.15) is 0 Å². The van der Waals surface area contributed by atoms with Gasteiger partial charge in [0.05, 0.1) is 17.6 Å². The molecule has 3 rings (SSSR count). The van der Waals surface area contributed by atoms with Crippen LogP contribution in [0.4, 0.5) is 0 Å². The number of amides is 1. The summed E-state index contributed by atoms with van der Waals surface area (Å²) < 4.78 is 0. The molecule has 1 aromatic carbocycles. The Labute approximate surface area is 137 Å². The third-order valence-electron chi connectivity index (χ3n) is 4.46. The van der Waals surface area contributed by atoms with Crippen LogP contribution < -0.4 is 5.32 Å². The average Bonchev–Trinajstić information content (AvgIpc) is 3.12. The molecule has 5 heteroatoms. The fourth-order valence-electron chi connectivity index (χ4n) is 3.39. The summed E-state index contributed by atoms with van der Waals surface area (Å²) in [6.45, 7) is 8.70. The van der Waals surface area contributed by atoms with Crippen LogP contribution in [0.2, 0.25) is 0 Å². The first kappa shape index (κ1) is 16.0. The smallest absolute Gasteiger partial charge is 0.226 e. The minimum absolute atomic E-state index is 0.0710. The Morgan fingerprint density at radius 2 is 2.26 bits per heavy atom. The number of fused-ring (bicyclic) bond motifs is 1. The molecular weight excluding hydrogens is 288 g/mol. The Bertz CT molecular complexity index is 664. The van der Waals surface area contributed by atoms with Crippen LogP contribution in [0.3, 0.4) is 0 Å². The highest BCUT2D eigenvalue weighted by atomic mass is 16.1. The highest BCUT2D eigenvalue weighted by Gasteiger charge is 2.23. The second-order valence-electron chi connectivity index (χ2n) is 7.01. The summed E-state index contributed by atoms with van der Waals surface area (Å²) in [5.41, 5.74) is 1.81. The van der Waals surface area contributed by atoms with Gasteiger partial charge in [-0.3, -0.25) is 9.89 Å². The molecule has 1 atom stereocenters. The molecule has 0 radical (unpaired) electrons. The van der Waals surface area contributed by atoms with E-state index in [0.29, 0.717) is 18.3 Å². The van der Waals surface area contributed by atoms with Crippen molar-refractivity contribution in [3.05, 3.63) is 30.0 Å². The lowest BCUT2D eigenvalue weighted by Gasteiger charge is -2.18. The molecule has 23 heavy (non-hydrogen) atoms. The minimum atomic E-state index is 0.0710. The molecule has 0 aliphatic carbocycles. The predicted octanol–water partition coefficient (Wildman–Crippen LogP) is 2.20. The number of carbonyl (C=O) groups excluding carboxylic acids is 1. The van der Waals surface area contributed by atoms with Crippen molar-refractivity contribution in [3.8, 4) is 0 Å². The molecule has 0 unspecified atom stereocenters. The summed E-state index contributed by atoms with van der Waals surface area (Å²) >= 11 is 0. The maximum atomic E-state index is 12.2. The fourth-order valence-corrected chi connectivity index (χ4v) is 3.39. The van der Waals surface area contributed by atoms with E-state index in [1.54, 1.807) is 0 Å². The van der Waals surface area contributed by atoms with Crippen LogP contribution in [-0.4, -0.2) is 47.2 Å². The standard InChI is InChI=1S/C18H26N4O/c1-13(2)11-22-8-7-14(12-22)10-19-18(23)9-17-15-5-3-4-6-16(15)20-21-17/h3-6,13-14H,7-12H2,1-2H3,(H,19,23)(H,20,21)/t14-/m0/s1. The molecule has 2 N–H and O–H groups in total. The van der Waals surface area contributed by atoms with Crippen molar-refractivity contribution >= 4 is 16.8 Å². The van der Waals surface area contributed by atoms with Gasteiger partial charge in [-0.1, -0.05) is 32.0 Å². The molecule has 1 saturated heterocycles. The number of benzene rings is 1. The highest BCUT2D eigenvalue weighted by Crippen LogP contribution is 2.17. The van der Waals surface area contributed by atoms with Crippen LogP contribution in [0.25, 0.3) is 10.9 Å². The van der Waals surface area contributed by atoms with Gasteiger partial charge in [-0.2, -0.15) is 5.10 Å². The SMILES string of the molecule is CC(C)CN1CC[C@@H](CNC(=O)Cc2[nH]nc3ccccc23)C1. The third-order valence-corrected chi connectivity index (χ3v) is 4.46. The first-order chi connectivity index (χ1) is 11.1. The fraction of sp³-hybridized carbons (Fsp3) is 0.556. The van der Waals surface area contributed by atoms with E-state index in [4.69, 9.17) is 0 Å². The van der Waals surface area contributed by atoms with Gasteiger partial charge in [-0.25, -0.2) is 0 Å². The van der Waals surface area contributed by atoms with Crippen molar-refractivity contribution in [1.82, 2.24) is 20.4 Å². The molecule has 124 valence electrons. The van der Waals surface area contributed by atoms with E-state index in [2.05, 4.69) is 34.3 Å². The second kappa shape index (κ2) is 7.13. The van der Waals surface area contributed by atoms with Crippen molar-refractivity contribution in [3.63, 3.8) is 0 Å². The van der Waals surface area contributed by atoms with E-state index in [0.717, 1.165) is 42.8 Å². The number of likely N-dealkylation sites (tertiary alicyclic amines) is 1. The van der Waals surface area contributed by atoms with Crippen LogP contribution in [0.5, 0.6) is 0 Å². The van der Waals surface area contributed by atoms with Crippen LogP contribution in [0, 0.1) is 11.8 Å². The normalized spacial score (nSPS) is 18.8. The van der Waals surface area contributed by atoms with E-state index >= 15 is 0 Å². The molecule has 1 aliphatic rings. The Kier molecular flexibility index (Phi) is 4.96. The van der Waals surface area contributed by atoms with Crippen LogP contribution in [-0.2, 0) is 11.2 Å². The topological polar surface area (TPSA) is 61.0 Å². The lowest BCUT2D eigenvalue weighted by Crippen LogP contribution is -2.32. The third kappa shape index (κ3) is 4.10. The summed E-state index contributed by atoms with van der Waals surface area (Å²) in [6.07, 6.45) is 1.54. The Morgan fingerprint density at radius 1 is 1.43 bits per heavy atom. The van der Waals surface area contributed by atoms with Gasteiger partial charge >= 0.3 is 0 Å². The highest BCUT2D eigenvalue weighted by molar-refractivity contribution is 5.87. The maximum absolute atomic E-state index is 12.2. The van der Waals surface area contributed by atoms with Gasteiger partial charge in [-0.15, -0.1) is 0 Å². The zero-order valence-electron chi connectivity index (χ0n) is 14.0. The van der Waals surface area contributed by atoms with Crippen molar-refractivity contribution in [2.24, 2.45) is 11.8 Å². The zero-order valence-corrected chi connectivity index (χ0v) is 14.0. The van der Waals surface area contributed by atoms with E-state index in [9.17, 15) is 4.79 Å². The summed E-state index contributed by atoms with van der Waals surface area (Å²) in [5.74, 6) is 1.36. The van der Waals surface area contributed by atoms with E-state index < -0.39 is 0 Å². The largest absolute Gasteiger partial charge is 0.355 e. The predicted molar refractivity (Wildman–Crippen MR) is 92.2 cm³/mol. The van der Waals surface area contributed by atoms with Crippen LogP contribution >= 0.6 is 0 Å². The lowest BCUT2D eigenvalue weighted by molar-refractivity contribution is -0.120. The lowest BCUT2D eigenvalue weighted by atomic mass is 10.1. The Balaban J connectivity index is 1.47. The molecular formula is C18H26N4O. The second-order valence-corrected chi connectivity index (χ2v) is 7.01. The van der Waals surface area contributed by atoms with Crippen molar-refractivity contribution < 1.29 is 4.79 Å². The van der Waals surface area contributed by atoms with Gasteiger partial charge in [0.15, 0.2) is 0 Å². The number of rotatable bonds is 6. The molecule has 0 saturated carbocycles. The van der Waals surface area contributed by atoms with E-state index in [1.807, 2.05) is 24.3 Å². The van der Waals surface area contributed by atoms with Crippen molar-refractivity contribution in [2.45, 2.75) is 26.7 Å². The van der Waals surface area contributed by atoms with Crippen molar-refractivity contribution in [1.29, 1.82) is 0 Å². The van der Waals surface area contributed by atoms with Crippen molar-refractivity contribution in [2.75, 3.05) is 26.2 Å². The Morgan fingerprint density at radius 3 is 3.09 bits per heavy atom. The van der Waals surface area contributed by atoms with Crippen LogP contribution in [0.1, 0.15) is 26.0 Å². The number of hydrogen-bond acceptors (Lipinski definition) is 3. The van der Waals surface area contributed by atoms with Gasteiger partial charge in [0, 0.05) is 25.0 Å². The quantitative estimate of drug-likeness (QED) is 0.859. The summed E-state index contributed by atoms with van der Waals surface area (Å²) in [6, 6.07) is 7.88. The molecule has 2 heterocycles. The number of aromatic nitrogens is 2. The summed E-state index contributed by atoms with van der Waals surface area (Å²) in [4.78, 5) is 14.7. The molecule has 1 aliphatic heterocycles. The summed E-state index contributed by atoms with van der Waals surface area (Å²) in [7, 11) is 0. The van der Waals surface area contributed by atoms with Crippen LogP contribution in [0.15, 0.2) is 24.3 Å². The number of nitrogens with zero attached hydrogens (tertiary/aromatic N) is 2. The Hall–Kier alpha value is -1.88. The maximum Gasteiger partial charge on any atom is 0.226 e. The number of para-hydroxylation sites is 1. The molecule has 5 nitrogen and oxygen atoms in total. The molecule has 1 aromatic heterocycles. The van der Waals surface area contributed by atoms with Gasteiger partial charge < -0.3 is 10.2 Å². The molecule has 2 aromatic rings. The number of nitrogens with one attached hydrogen (secondary N) is 2. The molecule has 1 amide bonds. The number of carbonyl (C=O) groups is 1. The van der Waals surface area contributed by atoms with Gasteiger partial charge in [0.25, 0.3) is 0 Å². The number of hydrogen-bond donors (Lipinski definition) is 2. The minimum Gasteiger partial charge on any atom is -0.355 e. The summed E-state index contributed by atoms with van der Waals surface area (Å²) in [5, 5.41) is 11.3.